The zero-order chi connectivity index (χ0) is 17.0. The van der Waals surface area contributed by atoms with Crippen LogP contribution in [0.5, 0.6) is 5.75 Å². The molecule has 0 radical (unpaired) electrons. The zero-order valence-corrected chi connectivity index (χ0v) is 14.8. The van der Waals surface area contributed by atoms with Gasteiger partial charge in [0.2, 0.25) is 10.0 Å². The molecular weight excluding hydrogens is 310 g/mol. The number of methoxy groups -OCH3 is 1. The smallest absolute Gasteiger partial charge is 0.241 e. The molecule has 2 rings (SSSR count). The maximum absolute atomic E-state index is 12.6. The Morgan fingerprint density at radius 3 is 2.52 bits per heavy atom. The maximum Gasteiger partial charge on any atom is 0.241 e. The normalized spacial score (nSPS) is 12.9. The summed E-state index contributed by atoms with van der Waals surface area (Å²) in [4.78, 5) is 0.334. The average Bonchev–Trinajstić information content (AvgIpc) is 2.46. The molecule has 0 heterocycles. The summed E-state index contributed by atoms with van der Waals surface area (Å²) in [5.41, 5.74) is 2.83. The third-order valence-corrected chi connectivity index (χ3v) is 5.40. The molecule has 0 amide bonds. The molecule has 0 spiro atoms. The lowest BCUT2D eigenvalue weighted by Gasteiger charge is -2.16. The van der Waals surface area contributed by atoms with Gasteiger partial charge in [0.1, 0.15) is 5.75 Å². The van der Waals surface area contributed by atoms with Crippen molar-refractivity contribution < 1.29 is 13.2 Å². The Hall–Kier alpha value is -1.85. The van der Waals surface area contributed by atoms with Crippen molar-refractivity contribution in [3.8, 4) is 5.75 Å². The minimum atomic E-state index is -3.52. The van der Waals surface area contributed by atoms with E-state index in [9.17, 15) is 8.42 Å². The van der Waals surface area contributed by atoms with E-state index in [1.165, 1.54) is 0 Å². The third kappa shape index (κ3) is 4.56. The molecular formula is C18H23NO3S. The molecule has 0 saturated carbocycles. The molecule has 0 aliphatic rings. The lowest BCUT2D eigenvalue weighted by molar-refractivity contribution is 0.414. The Morgan fingerprint density at radius 1 is 1.13 bits per heavy atom. The second kappa shape index (κ2) is 7.15. The molecule has 1 N–H and O–H groups in total. The minimum absolute atomic E-state index is 0.215. The summed E-state index contributed by atoms with van der Waals surface area (Å²) in [5, 5.41) is 0. The van der Waals surface area contributed by atoms with E-state index >= 15 is 0 Å². The van der Waals surface area contributed by atoms with Crippen LogP contribution < -0.4 is 9.46 Å². The summed E-state index contributed by atoms with van der Waals surface area (Å²) < 4.78 is 33.0. The van der Waals surface area contributed by atoms with Crippen molar-refractivity contribution in [2.24, 2.45) is 0 Å². The van der Waals surface area contributed by atoms with Gasteiger partial charge >= 0.3 is 0 Å². The van der Waals surface area contributed by atoms with Crippen molar-refractivity contribution >= 4 is 10.0 Å². The quantitative estimate of drug-likeness (QED) is 0.883. The largest absolute Gasteiger partial charge is 0.497 e. The molecule has 23 heavy (non-hydrogen) atoms. The molecule has 1 atom stereocenters. The van der Waals surface area contributed by atoms with Crippen LogP contribution in [0.3, 0.4) is 0 Å². The molecule has 0 aliphatic heterocycles. The fourth-order valence-corrected chi connectivity index (χ4v) is 4.09. The van der Waals surface area contributed by atoms with Crippen LogP contribution in [-0.4, -0.2) is 21.6 Å². The third-order valence-electron chi connectivity index (χ3n) is 3.65. The monoisotopic (exact) mass is 333 g/mol. The number of hydrogen-bond acceptors (Lipinski definition) is 3. The molecule has 124 valence electrons. The molecule has 4 nitrogen and oxygen atoms in total. The van der Waals surface area contributed by atoms with Gasteiger partial charge in [-0.25, -0.2) is 13.1 Å². The van der Waals surface area contributed by atoms with Gasteiger partial charge in [0, 0.05) is 6.04 Å². The molecule has 0 aromatic heterocycles. The Kier molecular flexibility index (Phi) is 5.44. The standard InChI is InChI=1S/C18H23NO3S/c1-13-8-9-18(14(2)10-13)23(20,21)19-15(3)11-16-6-5-7-17(12-16)22-4/h5-10,12,15,19H,11H2,1-4H3. The Balaban J connectivity index is 2.13. The summed E-state index contributed by atoms with van der Waals surface area (Å²) in [6, 6.07) is 12.8. The van der Waals surface area contributed by atoms with E-state index in [0.717, 1.165) is 22.4 Å². The molecule has 2 aromatic carbocycles. The Bertz CT molecular complexity index is 785. The number of hydrogen-bond donors (Lipinski definition) is 1. The maximum atomic E-state index is 12.6. The second-order valence-corrected chi connectivity index (χ2v) is 7.53. The first-order valence-corrected chi connectivity index (χ1v) is 9.02. The van der Waals surface area contributed by atoms with Crippen LogP contribution in [0.1, 0.15) is 23.6 Å². The summed E-state index contributed by atoms with van der Waals surface area (Å²) in [5.74, 6) is 0.770. The van der Waals surface area contributed by atoms with Crippen LogP contribution in [0.25, 0.3) is 0 Å². The number of nitrogens with one attached hydrogen (secondary N) is 1. The first-order valence-electron chi connectivity index (χ1n) is 7.54. The Labute approximate surface area is 138 Å². The number of benzene rings is 2. The molecule has 2 aromatic rings. The summed E-state index contributed by atoms with van der Waals surface area (Å²) in [6.07, 6.45) is 0.599. The molecule has 0 fully saturated rings. The van der Waals surface area contributed by atoms with Crippen LogP contribution in [0, 0.1) is 13.8 Å². The van der Waals surface area contributed by atoms with Crippen molar-refractivity contribution in [2.75, 3.05) is 7.11 Å². The topological polar surface area (TPSA) is 55.4 Å². The molecule has 5 heteroatoms. The second-order valence-electron chi connectivity index (χ2n) is 5.85. The van der Waals surface area contributed by atoms with Gasteiger partial charge < -0.3 is 4.74 Å². The first-order chi connectivity index (χ1) is 10.8. The molecule has 0 bridgehead atoms. The van der Waals surface area contributed by atoms with Crippen molar-refractivity contribution in [3.05, 3.63) is 59.2 Å². The summed E-state index contributed by atoms with van der Waals surface area (Å²) in [7, 11) is -1.91. The van der Waals surface area contributed by atoms with Crippen molar-refractivity contribution in [1.82, 2.24) is 4.72 Å². The minimum Gasteiger partial charge on any atom is -0.497 e. The van der Waals surface area contributed by atoms with E-state index in [1.54, 1.807) is 13.2 Å². The fourth-order valence-electron chi connectivity index (χ4n) is 2.62. The average molecular weight is 333 g/mol. The van der Waals surface area contributed by atoms with E-state index in [4.69, 9.17) is 4.74 Å². The SMILES string of the molecule is COc1cccc(CC(C)NS(=O)(=O)c2ccc(C)cc2C)c1. The molecule has 0 aliphatic carbocycles. The zero-order valence-electron chi connectivity index (χ0n) is 14.0. The van der Waals surface area contributed by atoms with Gasteiger partial charge in [0.05, 0.1) is 12.0 Å². The lowest BCUT2D eigenvalue weighted by Crippen LogP contribution is -2.34. The van der Waals surface area contributed by atoms with E-state index in [1.807, 2.05) is 57.2 Å². The number of aryl methyl sites for hydroxylation is 2. The van der Waals surface area contributed by atoms with E-state index in [0.29, 0.717) is 11.3 Å². The first kappa shape index (κ1) is 17.5. The van der Waals surface area contributed by atoms with Gasteiger partial charge in [-0.1, -0.05) is 29.8 Å². The summed E-state index contributed by atoms with van der Waals surface area (Å²) in [6.45, 7) is 5.62. The van der Waals surface area contributed by atoms with Gasteiger partial charge in [0.15, 0.2) is 0 Å². The fraction of sp³-hybridized carbons (Fsp3) is 0.333. The highest BCUT2D eigenvalue weighted by Crippen LogP contribution is 2.18. The van der Waals surface area contributed by atoms with Crippen LogP contribution >= 0.6 is 0 Å². The van der Waals surface area contributed by atoms with Gasteiger partial charge in [-0.3, -0.25) is 0 Å². The van der Waals surface area contributed by atoms with Gasteiger partial charge in [-0.15, -0.1) is 0 Å². The summed E-state index contributed by atoms with van der Waals surface area (Å²) >= 11 is 0. The van der Waals surface area contributed by atoms with E-state index in [2.05, 4.69) is 4.72 Å². The van der Waals surface area contributed by atoms with Gasteiger partial charge in [-0.2, -0.15) is 0 Å². The lowest BCUT2D eigenvalue weighted by atomic mass is 10.1. The number of ether oxygens (including phenoxy) is 1. The highest BCUT2D eigenvalue weighted by atomic mass is 32.2. The van der Waals surface area contributed by atoms with Crippen LogP contribution in [0.15, 0.2) is 47.4 Å². The van der Waals surface area contributed by atoms with E-state index < -0.39 is 10.0 Å². The molecule has 1 unspecified atom stereocenters. The van der Waals surface area contributed by atoms with Gasteiger partial charge in [-0.05, 0) is 56.5 Å². The number of sulfonamides is 1. The Morgan fingerprint density at radius 2 is 1.87 bits per heavy atom. The molecule has 0 saturated heterocycles. The van der Waals surface area contributed by atoms with Crippen LogP contribution in [0.4, 0.5) is 0 Å². The highest BCUT2D eigenvalue weighted by Gasteiger charge is 2.19. The van der Waals surface area contributed by atoms with E-state index in [-0.39, 0.29) is 6.04 Å². The van der Waals surface area contributed by atoms with Crippen molar-refractivity contribution in [3.63, 3.8) is 0 Å². The highest BCUT2D eigenvalue weighted by molar-refractivity contribution is 7.89. The predicted octanol–water partition coefficient (Wildman–Crippen LogP) is 3.22. The number of rotatable bonds is 6. The van der Waals surface area contributed by atoms with Crippen molar-refractivity contribution in [2.45, 2.75) is 38.1 Å². The predicted molar refractivity (Wildman–Crippen MR) is 92.4 cm³/mol. The van der Waals surface area contributed by atoms with Gasteiger partial charge in [0.25, 0.3) is 0 Å². The van der Waals surface area contributed by atoms with Crippen molar-refractivity contribution in [1.29, 1.82) is 0 Å². The van der Waals surface area contributed by atoms with Crippen LogP contribution in [0.2, 0.25) is 0 Å². The van der Waals surface area contributed by atoms with Crippen LogP contribution in [-0.2, 0) is 16.4 Å².